The van der Waals surface area contributed by atoms with Crippen LogP contribution in [0.25, 0.3) is 11.4 Å². The second kappa shape index (κ2) is 7.43. The van der Waals surface area contributed by atoms with Gasteiger partial charge < -0.3 is 5.32 Å². The summed E-state index contributed by atoms with van der Waals surface area (Å²) in [5.41, 5.74) is 4.35. The Labute approximate surface area is 169 Å². The minimum Gasteiger partial charge on any atom is -0.325 e. The maximum absolute atomic E-state index is 12.4. The number of fused-ring (bicyclic) bond motifs is 3. The van der Waals surface area contributed by atoms with Gasteiger partial charge in [0.15, 0.2) is 11.0 Å². The third-order valence-electron chi connectivity index (χ3n) is 5.10. The number of anilines is 1. The summed E-state index contributed by atoms with van der Waals surface area (Å²) in [6, 6.07) is 16.3. The number of nitrogens with zero attached hydrogens (tertiary/aromatic N) is 3. The monoisotopic (exact) mass is 392 g/mol. The lowest BCUT2D eigenvalue weighted by Gasteiger charge is -2.34. The van der Waals surface area contributed by atoms with E-state index in [0.717, 1.165) is 35.1 Å². The highest BCUT2D eigenvalue weighted by molar-refractivity contribution is 7.99. The van der Waals surface area contributed by atoms with Crippen LogP contribution in [-0.4, -0.2) is 26.4 Å². The van der Waals surface area contributed by atoms with Crippen molar-refractivity contribution in [2.75, 3.05) is 11.1 Å². The van der Waals surface area contributed by atoms with Crippen molar-refractivity contribution in [3.63, 3.8) is 0 Å². The highest BCUT2D eigenvalue weighted by Gasteiger charge is 2.34. The van der Waals surface area contributed by atoms with Crippen molar-refractivity contribution < 1.29 is 4.79 Å². The Kier molecular flexibility index (Phi) is 4.98. The molecule has 144 valence electrons. The Morgan fingerprint density at radius 3 is 2.64 bits per heavy atom. The van der Waals surface area contributed by atoms with Crippen LogP contribution in [0.5, 0.6) is 0 Å². The Morgan fingerprint density at radius 2 is 1.89 bits per heavy atom. The van der Waals surface area contributed by atoms with E-state index < -0.39 is 0 Å². The van der Waals surface area contributed by atoms with Gasteiger partial charge in [0, 0.05) is 16.8 Å². The summed E-state index contributed by atoms with van der Waals surface area (Å²) in [7, 11) is 0. The van der Waals surface area contributed by atoms with E-state index >= 15 is 0 Å². The molecule has 5 nitrogen and oxygen atoms in total. The minimum absolute atomic E-state index is 0.0411. The van der Waals surface area contributed by atoms with Crippen molar-refractivity contribution in [3.05, 3.63) is 59.7 Å². The molecule has 0 bridgehead atoms. The van der Waals surface area contributed by atoms with Crippen molar-refractivity contribution in [2.24, 2.45) is 0 Å². The predicted octanol–water partition coefficient (Wildman–Crippen LogP) is 4.53. The number of nitrogens with one attached hydrogen (secondary N) is 1. The molecule has 1 aliphatic rings. The molecule has 4 rings (SSSR count). The molecule has 0 saturated heterocycles. The largest absolute Gasteiger partial charge is 0.325 e. The van der Waals surface area contributed by atoms with Crippen molar-refractivity contribution >= 4 is 23.4 Å². The van der Waals surface area contributed by atoms with Crippen molar-refractivity contribution in [3.8, 4) is 11.4 Å². The molecule has 0 unspecified atom stereocenters. The fourth-order valence-corrected chi connectivity index (χ4v) is 4.57. The number of amides is 1. The van der Waals surface area contributed by atoms with Crippen LogP contribution < -0.4 is 5.32 Å². The summed E-state index contributed by atoms with van der Waals surface area (Å²) in [4.78, 5) is 12.4. The van der Waals surface area contributed by atoms with Gasteiger partial charge >= 0.3 is 0 Å². The number of carbonyl (C=O) groups excluding carboxylic acids is 1. The number of carbonyl (C=O) groups is 1. The molecule has 28 heavy (non-hydrogen) atoms. The van der Waals surface area contributed by atoms with Gasteiger partial charge in [0.25, 0.3) is 0 Å². The van der Waals surface area contributed by atoms with E-state index in [1.807, 2.05) is 30.3 Å². The molecule has 2 aromatic carbocycles. The van der Waals surface area contributed by atoms with E-state index in [1.54, 1.807) is 0 Å². The van der Waals surface area contributed by atoms with Crippen LogP contribution >= 0.6 is 11.8 Å². The van der Waals surface area contributed by atoms with E-state index in [1.165, 1.54) is 22.9 Å². The lowest BCUT2D eigenvalue weighted by atomic mass is 9.87. The van der Waals surface area contributed by atoms with E-state index in [4.69, 9.17) is 0 Å². The minimum atomic E-state index is -0.137. The van der Waals surface area contributed by atoms with Crippen LogP contribution in [0.4, 0.5) is 5.69 Å². The van der Waals surface area contributed by atoms with Crippen molar-refractivity contribution in [1.82, 2.24) is 14.8 Å². The molecule has 1 N–H and O–H groups in total. The second-order valence-electron chi connectivity index (χ2n) is 7.68. The molecule has 0 atom stereocenters. The first-order valence-electron chi connectivity index (χ1n) is 9.53. The average molecular weight is 393 g/mol. The van der Waals surface area contributed by atoms with E-state index in [0.29, 0.717) is 5.75 Å². The summed E-state index contributed by atoms with van der Waals surface area (Å²) in [6.45, 7) is 6.49. The first kappa shape index (κ1) is 18.7. The lowest BCUT2D eigenvalue weighted by molar-refractivity contribution is -0.113. The zero-order valence-corrected chi connectivity index (χ0v) is 17.2. The zero-order valence-electron chi connectivity index (χ0n) is 16.4. The second-order valence-corrected chi connectivity index (χ2v) is 8.62. The summed E-state index contributed by atoms with van der Waals surface area (Å²) >= 11 is 1.43. The van der Waals surface area contributed by atoms with Crippen LogP contribution in [0.3, 0.4) is 0 Å². The van der Waals surface area contributed by atoms with Gasteiger partial charge in [-0.2, -0.15) is 0 Å². The third-order valence-corrected chi connectivity index (χ3v) is 6.03. The first-order valence-corrected chi connectivity index (χ1v) is 10.5. The molecule has 1 amide bonds. The SMILES string of the molecule is CCc1ccc(NC(=O)CSc2nnc3n2C(C)(C)Cc2ccccc2-3)cc1. The standard InChI is InChI=1S/C22H24N4OS/c1-4-15-9-11-17(12-10-15)23-19(27)14-28-21-25-24-20-18-8-6-5-7-16(18)13-22(2,3)26(20)21/h5-12H,4,13-14H2,1-3H3,(H,23,27). The number of aromatic nitrogens is 3. The van der Waals surface area contributed by atoms with Gasteiger partial charge in [-0.25, -0.2) is 0 Å². The molecule has 3 aromatic rings. The van der Waals surface area contributed by atoms with E-state index in [-0.39, 0.29) is 11.4 Å². The molecular weight excluding hydrogens is 368 g/mol. The van der Waals surface area contributed by atoms with Crippen molar-refractivity contribution in [1.29, 1.82) is 0 Å². The van der Waals surface area contributed by atoms with Crippen LogP contribution in [0, 0.1) is 0 Å². The van der Waals surface area contributed by atoms with Crippen molar-refractivity contribution in [2.45, 2.75) is 44.3 Å². The van der Waals surface area contributed by atoms with Gasteiger partial charge in [-0.3, -0.25) is 9.36 Å². The van der Waals surface area contributed by atoms with Crippen LogP contribution in [-0.2, 0) is 23.2 Å². The Hall–Kier alpha value is -2.60. The Morgan fingerprint density at radius 1 is 1.14 bits per heavy atom. The molecule has 1 aliphatic heterocycles. The number of hydrogen-bond donors (Lipinski definition) is 1. The molecular formula is C22H24N4OS. The predicted molar refractivity (Wildman–Crippen MR) is 114 cm³/mol. The molecule has 6 heteroatoms. The van der Waals surface area contributed by atoms with Crippen LogP contribution in [0.2, 0.25) is 0 Å². The van der Waals surface area contributed by atoms with Crippen LogP contribution in [0.1, 0.15) is 31.9 Å². The zero-order chi connectivity index (χ0) is 19.7. The van der Waals surface area contributed by atoms with Gasteiger partial charge in [-0.1, -0.05) is 55.1 Å². The van der Waals surface area contributed by atoms with Gasteiger partial charge in [0.05, 0.1) is 5.75 Å². The molecule has 1 aromatic heterocycles. The smallest absolute Gasteiger partial charge is 0.234 e. The van der Waals surface area contributed by atoms with Gasteiger partial charge in [0.2, 0.25) is 5.91 Å². The van der Waals surface area contributed by atoms with Gasteiger partial charge in [-0.05, 0) is 49.9 Å². The molecule has 0 spiro atoms. The number of thioether (sulfide) groups is 1. The average Bonchev–Trinajstić information content (AvgIpc) is 3.12. The highest BCUT2D eigenvalue weighted by Crippen LogP contribution is 2.39. The maximum atomic E-state index is 12.4. The fourth-order valence-electron chi connectivity index (χ4n) is 3.67. The third kappa shape index (κ3) is 3.56. The van der Waals surface area contributed by atoms with E-state index in [9.17, 15) is 4.79 Å². The summed E-state index contributed by atoms with van der Waals surface area (Å²) < 4.78 is 2.17. The summed E-state index contributed by atoms with van der Waals surface area (Å²) in [5.74, 6) is 1.14. The number of aryl methyl sites for hydroxylation is 1. The fraction of sp³-hybridized carbons (Fsp3) is 0.318. The maximum Gasteiger partial charge on any atom is 0.234 e. The molecule has 2 heterocycles. The normalized spacial score (nSPS) is 14.2. The summed E-state index contributed by atoms with van der Waals surface area (Å²) in [5, 5.41) is 12.6. The molecule has 0 aliphatic carbocycles. The first-order chi connectivity index (χ1) is 13.5. The highest BCUT2D eigenvalue weighted by atomic mass is 32.2. The van der Waals surface area contributed by atoms with E-state index in [2.05, 4.69) is 59.1 Å². The van der Waals surface area contributed by atoms with Gasteiger partial charge in [0.1, 0.15) is 0 Å². The quantitative estimate of drug-likeness (QED) is 0.648. The van der Waals surface area contributed by atoms with Gasteiger partial charge in [-0.15, -0.1) is 10.2 Å². The molecule has 0 fully saturated rings. The molecule has 0 radical (unpaired) electrons. The molecule has 0 saturated carbocycles. The van der Waals surface area contributed by atoms with Crippen LogP contribution in [0.15, 0.2) is 53.7 Å². The Bertz CT molecular complexity index is 1010. The Balaban J connectivity index is 1.49. The number of benzene rings is 2. The number of hydrogen-bond acceptors (Lipinski definition) is 4. The number of rotatable bonds is 5. The summed E-state index contributed by atoms with van der Waals surface area (Å²) in [6.07, 6.45) is 1.90. The topological polar surface area (TPSA) is 59.8 Å². The lowest BCUT2D eigenvalue weighted by Crippen LogP contribution is -2.33.